The summed E-state index contributed by atoms with van der Waals surface area (Å²) in [7, 11) is 1.65. The van der Waals surface area contributed by atoms with Crippen molar-refractivity contribution in [3.05, 3.63) is 70.3 Å². The summed E-state index contributed by atoms with van der Waals surface area (Å²) < 4.78 is 12.3. The Hall–Kier alpha value is -3.23. The number of ether oxygens (including phenoxy) is 2. The summed E-state index contributed by atoms with van der Waals surface area (Å²) >= 11 is 0. The van der Waals surface area contributed by atoms with Crippen molar-refractivity contribution in [2.75, 3.05) is 40.0 Å². The van der Waals surface area contributed by atoms with Gasteiger partial charge in [-0.05, 0) is 36.2 Å². The topological polar surface area (TPSA) is 85.7 Å². The van der Waals surface area contributed by atoms with Gasteiger partial charge in [-0.3, -0.25) is 19.1 Å². The van der Waals surface area contributed by atoms with Gasteiger partial charge in [-0.15, -0.1) is 0 Å². The number of nitrogens with zero attached hydrogens (tertiary/aromatic N) is 3. The van der Waals surface area contributed by atoms with Crippen LogP contribution in [0.25, 0.3) is 10.9 Å². The molecular weight excluding hydrogens is 420 g/mol. The smallest absolute Gasteiger partial charge is 0.261 e. The van der Waals surface area contributed by atoms with E-state index in [1.165, 1.54) is 10.9 Å². The fourth-order valence-corrected chi connectivity index (χ4v) is 4.19. The molecule has 8 heteroatoms. The first-order valence-electron chi connectivity index (χ1n) is 11.2. The molecule has 1 saturated heterocycles. The molecule has 0 bridgehead atoms. The van der Waals surface area contributed by atoms with E-state index in [1.54, 1.807) is 13.2 Å². The van der Waals surface area contributed by atoms with E-state index in [0.717, 1.165) is 30.0 Å². The number of rotatable bonds is 8. The summed E-state index contributed by atoms with van der Waals surface area (Å²) in [6.07, 6.45) is 1.73. The summed E-state index contributed by atoms with van der Waals surface area (Å²) in [5.41, 5.74) is 2.66. The molecule has 174 valence electrons. The fraction of sp³-hybridized carbons (Fsp3) is 0.400. The van der Waals surface area contributed by atoms with Gasteiger partial charge >= 0.3 is 0 Å². The van der Waals surface area contributed by atoms with Gasteiger partial charge in [-0.1, -0.05) is 24.3 Å². The zero-order chi connectivity index (χ0) is 23.2. The molecule has 3 aromatic rings. The summed E-state index contributed by atoms with van der Waals surface area (Å²) in [6.45, 7) is 5.67. The van der Waals surface area contributed by atoms with Gasteiger partial charge in [0.05, 0.1) is 43.6 Å². The number of aromatic nitrogens is 2. The van der Waals surface area contributed by atoms with Crippen molar-refractivity contribution in [2.45, 2.75) is 25.9 Å². The van der Waals surface area contributed by atoms with E-state index in [2.05, 4.69) is 15.2 Å². The van der Waals surface area contributed by atoms with E-state index in [9.17, 15) is 9.59 Å². The highest BCUT2D eigenvalue weighted by molar-refractivity contribution is 5.80. The quantitative estimate of drug-likeness (QED) is 0.567. The second-order valence-electron chi connectivity index (χ2n) is 8.21. The van der Waals surface area contributed by atoms with Crippen LogP contribution < -0.4 is 15.6 Å². The van der Waals surface area contributed by atoms with Crippen molar-refractivity contribution >= 4 is 16.8 Å². The highest BCUT2D eigenvalue weighted by atomic mass is 16.5. The number of amides is 1. The summed E-state index contributed by atoms with van der Waals surface area (Å²) in [5.74, 6) is 0.700. The van der Waals surface area contributed by atoms with Crippen LogP contribution in [0.2, 0.25) is 0 Å². The molecule has 1 aliphatic rings. The van der Waals surface area contributed by atoms with Crippen molar-refractivity contribution in [1.29, 1.82) is 0 Å². The van der Waals surface area contributed by atoms with Crippen LogP contribution in [0.4, 0.5) is 0 Å². The molecule has 1 aromatic heterocycles. The summed E-state index contributed by atoms with van der Waals surface area (Å²) in [5, 5.41) is 3.63. The number of hydrogen-bond donors (Lipinski definition) is 1. The van der Waals surface area contributed by atoms with Crippen LogP contribution in [0.5, 0.6) is 5.75 Å². The van der Waals surface area contributed by atoms with Crippen molar-refractivity contribution in [2.24, 2.45) is 0 Å². The zero-order valence-corrected chi connectivity index (χ0v) is 19.1. The van der Waals surface area contributed by atoms with Crippen LogP contribution in [0.15, 0.2) is 53.6 Å². The SMILES string of the molecule is COc1ccc(C(CNC(=O)CCn2cnc3c(C)cccc3c2=O)N2CCOCC2)cc1. The van der Waals surface area contributed by atoms with Crippen LogP contribution in [-0.4, -0.2) is 60.3 Å². The minimum Gasteiger partial charge on any atom is -0.497 e. The number of benzene rings is 2. The minimum absolute atomic E-state index is 0.0387. The van der Waals surface area contributed by atoms with Crippen LogP contribution in [0, 0.1) is 6.92 Å². The number of morpholine rings is 1. The van der Waals surface area contributed by atoms with Crippen molar-refractivity contribution < 1.29 is 14.3 Å². The van der Waals surface area contributed by atoms with Gasteiger partial charge in [0.2, 0.25) is 5.91 Å². The molecule has 4 rings (SSSR count). The molecule has 33 heavy (non-hydrogen) atoms. The number of carbonyl (C=O) groups is 1. The van der Waals surface area contributed by atoms with E-state index >= 15 is 0 Å². The molecule has 1 aliphatic heterocycles. The van der Waals surface area contributed by atoms with Gasteiger partial charge in [0.15, 0.2) is 0 Å². The minimum atomic E-state index is -0.124. The van der Waals surface area contributed by atoms with Gasteiger partial charge in [0.1, 0.15) is 5.75 Å². The number of para-hydroxylation sites is 1. The van der Waals surface area contributed by atoms with E-state index in [1.807, 2.05) is 43.3 Å². The maximum absolute atomic E-state index is 12.8. The lowest BCUT2D eigenvalue weighted by molar-refractivity contribution is -0.121. The number of nitrogens with one attached hydrogen (secondary N) is 1. The molecule has 2 heterocycles. The fourth-order valence-electron chi connectivity index (χ4n) is 4.19. The third-order valence-electron chi connectivity index (χ3n) is 6.11. The molecule has 0 aliphatic carbocycles. The average molecular weight is 451 g/mol. The lowest BCUT2D eigenvalue weighted by Gasteiger charge is -2.35. The monoisotopic (exact) mass is 450 g/mol. The standard InChI is InChI=1S/C25H30N4O4/c1-18-4-3-5-21-24(18)27-17-29(25(21)31)11-10-23(30)26-16-22(28-12-14-33-15-13-28)19-6-8-20(32-2)9-7-19/h3-9,17,22H,10-16H2,1-2H3,(H,26,30). The molecular formula is C25H30N4O4. The number of hydrogen-bond acceptors (Lipinski definition) is 6. The lowest BCUT2D eigenvalue weighted by Crippen LogP contribution is -2.44. The van der Waals surface area contributed by atoms with Gasteiger partial charge in [0.25, 0.3) is 5.56 Å². The van der Waals surface area contributed by atoms with Gasteiger partial charge in [-0.25, -0.2) is 4.98 Å². The molecule has 1 amide bonds. The first kappa shape index (κ1) is 22.9. The Balaban J connectivity index is 1.40. The molecule has 8 nitrogen and oxygen atoms in total. The van der Waals surface area contributed by atoms with Crippen molar-refractivity contribution in [3.63, 3.8) is 0 Å². The lowest BCUT2D eigenvalue weighted by atomic mass is 10.0. The Morgan fingerprint density at radius 2 is 1.94 bits per heavy atom. The normalized spacial score (nSPS) is 15.3. The first-order valence-corrected chi connectivity index (χ1v) is 11.2. The Bertz CT molecular complexity index is 1150. The van der Waals surface area contributed by atoms with E-state index in [-0.39, 0.29) is 30.5 Å². The molecule has 1 unspecified atom stereocenters. The summed E-state index contributed by atoms with van der Waals surface area (Å²) in [4.78, 5) is 32.2. The van der Waals surface area contributed by atoms with E-state index in [4.69, 9.17) is 9.47 Å². The Morgan fingerprint density at radius 1 is 1.18 bits per heavy atom. The maximum atomic E-state index is 12.8. The highest BCUT2D eigenvalue weighted by Gasteiger charge is 2.23. The first-order chi connectivity index (χ1) is 16.1. The molecule has 1 atom stereocenters. The third-order valence-corrected chi connectivity index (χ3v) is 6.11. The zero-order valence-electron chi connectivity index (χ0n) is 19.1. The van der Waals surface area contributed by atoms with Gasteiger partial charge in [-0.2, -0.15) is 0 Å². The van der Waals surface area contributed by atoms with Crippen molar-refractivity contribution in [1.82, 2.24) is 19.8 Å². The van der Waals surface area contributed by atoms with Gasteiger partial charge < -0.3 is 14.8 Å². The largest absolute Gasteiger partial charge is 0.497 e. The molecule has 1 N–H and O–H groups in total. The van der Waals surface area contributed by atoms with Crippen LogP contribution in [0.1, 0.15) is 23.6 Å². The predicted molar refractivity (Wildman–Crippen MR) is 126 cm³/mol. The second-order valence-corrected chi connectivity index (χ2v) is 8.21. The third kappa shape index (κ3) is 5.40. The Labute approximate surface area is 193 Å². The van der Waals surface area contributed by atoms with E-state index in [0.29, 0.717) is 30.7 Å². The molecule has 0 spiro atoms. The number of aryl methyl sites for hydroxylation is 2. The van der Waals surface area contributed by atoms with E-state index < -0.39 is 0 Å². The summed E-state index contributed by atoms with van der Waals surface area (Å²) in [6, 6.07) is 13.5. The Kier molecular flexibility index (Phi) is 7.36. The maximum Gasteiger partial charge on any atom is 0.261 e. The van der Waals surface area contributed by atoms with Crippen LogP contribution in [0.3, 0.4) is 0 Å². The molecule has 0 saturated carbocycles. The van der Waals surface area contributed by atoms with Crippen LogP contribution >= 0.6 is 0 Å². The Morgan fingerprint density at radius 3 is 2.67 bits per heavy atom. The molecule has 2 aromatic carbocycles. The molecule has 1 fully saturated rings. The number of carbonyl (C=O) groups excluding carboxylic acids is 1. The van der Waals surface area contributed by atoms with Gasteiger partial charge in [0, 0.05) is 32.6 Å². The number of methoxy groups -OCH3 is 1. The van der Waals surface area contributed by atoms with Crippen LogP contribution in [-0.2, 0) is 16.1 Å². The predicted octanol–water partition coefficient (Wildman–Crippen LogP) is 2.29. The average Bonchev–Trinajstić information content (AvgIpc) is 2.85. The molecule has 0 radical (unpaired) electrons. The highest BCUT2D eigenvalue weighted by Crippen LogP contribution is 2.23. The van der Waals surface area contributed by atoms with Crippen molar-refractivity contribution in [3.8, 4) is 5.75 Å². The second kappa shape index (κ2) is 10.6. The number of fused-ring (bicyclic) bond motifs is 1.